The molecule has 0 saturated carbocycles. The number of ether oxygens (including phenoxy) is 5. The van der Waals surface area contributed by atoms with Gasteiger partial charge in [-0.15, -0.1) is 0 Å². The summed E-state index contributed by atoms with van der Waals surface area (Å²) in [5.41, 5.74) is 0.870. The van der Waals surface area contributed by atoms with Crippen LogP contribution in [0.15, 0.2) is 42.5 Å². The van der Waals surface area contributed by atoms with E-state index in [2.05, 4.69) is 0 Å². The minimum Gasteiger partial charge on any atom is -0.504 e. The van der Waals surface area contributed by atoms with Gasteiger partial charge in [0, 0.05) is 6.08 Å². The molecule has 0 radical (unpaired) electrons. The number of benzene rings is 2. The van der Waals surface area contributed by atoms with Crippen molar-refractivity contribution in [2.24, 2.45) is 0 Å². The summed E-state index contributed by atoms with van der Waals surface area (Å²) in [4.78, 5) is 12.8. The number of aromatic hydroxyl groups is 4. The fraction of sp³-hybridized carbons (Fsp3) is 0.483. The Labute approximate surface area is 256 Å². The summed E-state index contributed by atoms with van der Waals surface area (Å²) < 4.78 is 28.0. The highest BCUT2D eigenvalue weighted by Gasteiger charge is 2.52. The van der Waals surface area contributed by atoms with Crippen molar-refractivity contribution in [3.05, 3.63) is 53.6 Å². The molecule has 2 saturated heterocycles. The molecule has 16 heteroatoms. The molecule has 2 fully saturated rings. The van der Waals surface area contributed by atoms with Gasteiger partial charge in [-0.25, -0.2) is 4.79 Å². The molecule has 16 nitrogen and oxygen atoms in total. The Hall–Kier alpha value is -3.55. The summed E-state index contributed by atoms with van der Waals surface area (Å²) in [5, 5.41) is 100. The SMILES string of the molecule is O=C(/C=C/c1ccc(O)c(O)c1)O[C@H]1[C@@H](O[C@H]2O[C@H](CO)[C@@H](O)[C@@H](O)[C@H]2O)[C@@H](O)[C@@H](OCCc2ccc(O)c(O)c2)O[C@@H]1CO. The van der Waals surface area contributed by atoms with Crippen LogP contribution in [-0.2, 0) is 34.9 Å². The number of aliphatic hydroxyl groups is 6. The molecule has 0 amide bonds. The van der Waals surface area contributed by atoms with Gasteiger partial charge in [0.05, 0.1) is 19.8 Å². The molecule has 10 N–H and O–H groups in total. The van der Waals surface area contributed by atoms with E-state index in [0.29, 0.717) is 11.1 Å². The minimum atomic E-state index is -1.88. The monoisotopic (exact) mass is 640 g/mol. The van der Waals surface area contributed by atoms with Gasteiger partial charge in [-0.05, 0) is 47.9 Å². The third kappa shape index (κ3) is 8.19. The zero-order valence-electron chi connectivity index (χ0n) is 23.6. The van der Waals surface area contributed by atoms with Crippen molar-refractivity contribution in [2.45, 2.75) is 67.8 Å². The fourth-order valence-corrected chi connectivity index (χ4v) is 4.81. The summed E-state index contributed by atoms with van der Waals surface area (Å²) in [5.74, 6) is -2.50. The van der Waals surface area contributed by atoms with Crippen molar-refractivity contribution in [3.8, 4) is 23.0 Å². The zero-order chi connectivity index (χ0) is 32.8. The Morgan fingerprint density at radius 2 is 1.38 bits per heavy atom. The molecule has 10 atom stereocenters. The Kier molecular flexibility index (Phi) is 11.6. The lowest BCUT2D eigenvalue weighted by Crippen LogP contribution is -2.65. The summed E-state index contributed by atoms with van der Waals surface area (Å²) >= 11 is 0. The van der Waals surface area contributed by atoms with Crippen LogP contribution in [0.3, 0.4) is 0 Å². The Morgan fingerprint density at radius 3 is 2.02 bits per heavy atom. The summed E-state index contributed by atoms with van der Waals surface area (Å²) in [7, 11) is 0. The number of phenols is 4. The third-order valence-electron chi connectivity index (χ3n) is 7.31. The van der Waals surface area contributed by atoms with Gasteiger partial charge in [0.15, 0.2) is 41.7 Å². The topological polar surface area (TPSA) is 266 Å². The second kappa shape index (κ2) is 15.2. The van der Waals surface area contributed by atoms with Gasteiger partial charge in [0.25, 0.3) is 0 Å². The van der Waals surface area contributed by atoms with Gasteiger partial charge >= 0.3 is 5.97 Å². The number of rotatable bonds is 11. The molecular formula is C29H36O16. The van der Waals surface area contributed by atoms with Crippen molar-refractivity contribution in [2.75, 3.05) is 19.8 Å². The lowest BCUT2D eigenvalue weighted by molar-refractivity contribution is -0.360. The second-order valence-corrected chi connectivity index (χ2v) is 10.4. The number of esters is 1. The number of carbonyl (C=O) groups excluding carboxylic acids is 1. The highest BCUT2D eigenvalue weighted by atomic mass is 16.7. The van der Waals surface area contributed by atoms with E-state index in [1.165, 1.54) is 42.5 Å². The molecule has 4 rings (SSSR count). The molecule has 2 aliphatic rings. The molecular weight excluding hydrogens is 604 g/mol. The number of phenolic OH excluding ortho intramolecular Hbond substituents is 4. The molecule has 45 heavy (non-hydrogen) atoms. The largest absolute Gasteiger partial charge is 0.504 e. The summed E-state index contributed by atoms with van der Waals surface area (Å²) in [6.07, 6.45) is -14.0. The first kappa shape index (κ1) is 34.3. The lowest BCUT2D eigenvalue weighted by Gasteiger charge is -2.46. The Bertz CT molecular complexity index is 1320. The first-order valence-electron chi connectivity index (χ1n) is 13.9. The second-order valence-electron chi connectivity index (χ2n) is 10.4. The van der Waals surface area contributed by atoms with Crippen molar-refractivity contribution >= 4 is 12.0 Å². The Morgan fingerprint density at radius 1 is 0.733 bits per heavy atom. The van der Waals surface area contributed by atoms with Gasteiger partial charge in [0.1, 0.15) is 42.7 Å². The number of hydrogen-bond donors (Lipinski definition) is 10. The van der Waals surface area contributed by atoms with Crippen molar-refractivity contribution < 1.29 is 79.5 Å². The van der Waals surface area contributed by atoms with Crippen LogP contribution in [-0.4, -0.2) is 138 Å². The van der Waals surface area contributed by atoms with E-state index < -0.39 is 86.3 Å². The van der Waals surface area contributed by atoms with Crippen LogP contribution in [0, 0.1) is 0 Å². The van der Waals surface area contributed by atoms with Crippen LogP contribution in [0.25, 0.3) is 6.08 Å². The first-order chi connectivity index (χ1) is 21.4. The molecule has 2 aromatic rings. The van der Waals surface area contributed by atoms with Crippen molar-refractivity contribution in [1.29, 1.82) is 0 Å². The predicted molar refractivity (Wildman–Crippen MR) is 149 cm³/mol. The average molecular weight is 641 g/mol. The Balaban J connectivity index is 1.53. The molecule has 2 heterocycles. The fourth-order valence-electron chi connectivity index (χ4n) is 4.81. The van der Waals surface area contributed by atoms with Gasteiger partial charge in [-0.1, -0.05) is 12.1 Å². The zero-order valence-corrected chi connectivity index (χ0v) is 23.6. The summed E-state index contributed by atoms with van der Waals surface area (Å²) in [6, 6.07) is 7.88. The molecule has 2 aliphatic heterocycles. The number of hydrogen-bond acceptors (Lipinski definition) is 16. The maximum absolute atomic E-state index is 12.8. The molecule has 248 valence electrons. The molecule has 2 aromatic carbocycles. The molecule has 0 aliphatic carbocycles. The van der Waals surface area contributed by atoms with Gasteiger partial charge in [-0.3, -0.25) is 0 Å². The van der Waals surface area contributed by atoms with Crippen molar-refractivity contribution in [1.82, 2.24) is 0 Å². The maximum atomic E-state index is 12.8. The van der Waals surface area contributed by atoms with Crippen LogP contribution in [0.2, 0.25) is 0 Å². The maximum Gasteiger partial charge on any atom is 0.331 e. The molecule has 0 unspecified atom stereocenters. The predicted octanol–water partition coefficient (Wildman–Crippen LogP) is -2.04. The van der Waals surface area contributed by atoms with Gasteiger partial charge in [-0.2, -0.15) is 0 Å². The van der Waals surface area contributed by atoms with Crippen LogP contribution < -0.4 is 0 Å². The van der Waals surface area contributed by atoms with E-state index in [1.54, 1.807) is 0 Å². The molecule has 0 spiro atoms. The molecule has 0 bridgehead atoms. The number of aliphatic hydroxyl groups excluding tert-OH is 6. The quantitative estimate of drug-likeness (QED) is 0.0720. The minimum absolute atomic E-state index is 0.108. The van der Waals surface area contributed by atoms with Gasteiger partial charge in [0.2, 0.25) is 0 Å². The summed E-state index contributed by atoms with van der Waals surface area (Å²) in [6.45, 7) is -1.65. The highest BCUT2D eigenvalue weighted by molar-refractivity contribution is 5.87. The average Bonchev–Trinajstić information content (AvgIpc) is 3.02. The smallest absolute Gasteiger partial charge is 0.331 e. The first-order valence-corrected chi connectivity index (χ1v) is 13.9. The van der Waals surface area contributed by atoms with E-state index in [4.69, 9.17) is 23.7 Å². The normalized spacial score (nSPS) is 32.0. The third-order valence-corrected chi connectivity index (χ3v) is 7.31. The number of carbonyl (C=O) groups is 1. The van der Waals surface area contributed by atoms with Crippen LogP contribution in [0.4, 0.5) is 0 Å². The van der Waals surface area contributed by atoms with E-state index in [1.807, 2.05) is 0 Å². The van der Waals surface area contributed by atoms with Crippen LogP contribution in [0.1, 0.15) is 11.1 Å². The highest BCUT2D eigenvalue weighted by Crippen LogP contribution is 2.32. The van der Waals surface area contributed by atoms with Crippen LogP contribution >= 0.6 is 0 Å². The lowest BCUT2D eigenvalue weighted by atomic mass is 9.96. The van der Waals surface area contributed by atoms with Gasteiger partial charge < -0.3 is 74.7 Å². The van der Waals surface area contributed by atoms with Crippen LogP contribution in [0.5, 0.6) is 23.0 Å². The van der Waals surface area contributed by atoms with Crippen molar-refractivity contribution in [3.63, 3.8) is 0 Å². The van der Waals surface area contributed by atoms with E-state index in [-0.39, 0.29) is 30.3 Å². The van der Waals surface area contributed by atoms with E-state index >= 15 is 0 Å². The molecule has 0 aromatic heterocycles. The standard InChI is InChI=1S/C29H36O16/c30-11-19-22(37)23(38)24(39)29(42-19)45-27-25(40)28(41-8-7-14-2-5-16(33)18(35)10-14)43-20(12-31)26(27)44-21(36)6-3-13-1-4-15(32)17(34)9-13/h1-6,9-10,19-20,22-35,37-40H,7-8,11-12H2/b6-3+/t19-,20-,22-,23-,24-,25-,26-,27+,28+,29-/m1/s1. The van der Waals surface area contributed by atoms with E-state index in [0.717, 1.165) is 6.08 Å². The van der Waals surface area contributed by atoms with E-state index in [9.17, 15) is 55.9 Å².